The Morgan fingerprint density at radius 2 is 1.79 bits per heavy atom. The number of aryl methyl sites for hydroxylation is 1. The van der Waals surface area contributed by atoms with E-state index in [-0.39, 0.29) is 12.1 Å². The van der Waals surface area contributed by atoms with Gasteiger partial charge in [0.15, 0.2) is 0 Å². The Morgan fingerprint density at radius 1 is 1.07 bits per heavy atom. The van der Waals surface area contributed by atoms with E-state index in [0.29, 0.717) is 19.0 Å². The highest BCUT2D eigenvalue weighted by molar-refractivity contribution is 5.74. The Bertz CT molecular complexity index is 713. The van der Waals surface area contributed by atoms with Gasteiger partial charge in [0.1, 0.15) is 0 Å². The van der Waals surface area contributed by atoms with E-state index < -0.39 is 0 Å². The molecular formula is C23H34N4O. The van der Waals surface area contributed by atoms with Crippen molar-refractivity contribution in [3.05, 3.63) is 65.5 Å². The summed E-state index contributed by atoms with van der Waals surface area (Å²) in [5, 5.41) is 3.26. The third-order valence-corrected chi connectivity index (χ3v) is 4.89. The molecule has 0 fully saturated rings. The third-order valence-electron chi connectivity index (χ3n) is 4.89. The Kier molecular flexibility index (Phi) is 8.45. The minimum Gasteiger partial charge on any atom is -0.331 e. The van der Waals surface area contributed by atoms with Crippen LogP contribution in [0.1, 0.15) is 43.5 Å². The van der Waals surface area contributed by atoms with Crippen LogP contribution in [0.3, 0.4) is 0 Å². The van der Waals surface area contributed by atoms with Crippen LogP contribution in [-0.4, -0.2) is 48.0 Å². The van der Waals surface area contributed by atoms with Crippen LogP contribution in [0, 0.1) is 5.92 Å². The van der Waals surface area contributed by atoms with Crippen LogP contribution < -0.4 is 5.32 Å². The first-order valence-corrected chi connectivity index (χ1v) is 10.1. The molecule has 0 saturated heterocycles. The maximum absolute atomic E-state index is 13.1. The smallest absolute Gasteiger partial charge is 0.318 e. The highest BCUT2D eigenvalue weighted by atomic mass is 16.2. The van der Waals surface area contributed by atoms with Crippen molar-refractivity contribution in [3.8, 4) is 0 Å². The molecule has 0 saturated carbocycles. The van der Waals surface area contributed by atoms with E-state index in [2.05, 4.69) is 60.2 Å². The molecule has 152 valence electrons. The summed E-state index contributed by atoms with van der Waals surface area (Å²) in [7, 11) is 4.04. The third kappa shape index (κ3) is 6.64. The quantitative estimate of drug-likeness (QED) is 0.710. The molecule has 1 aromatic heterocycles. The van der Waals surface area contributed by atoms with Gasteiger partial charge in [0, 0.05) is 32.0 Å². The fraction of sp³-hybridized carbons (Fsp3) is 0.478. The molecule has 0 radical (unpaired) electrons. The maximum Gasteiger partial charge on any atom is 0.318 e. The average molecular weight is 383 g/mol. The zero-order valence-corrected chi connectivity index (χ0v) is 17.9. The van der Waals surface area contributed by atoms with Gasteiger partial charge in [-0.15, -0.1) is 0 Å². The van der Waals surface area contributed by atoms with Gasteiger partial charge in [-0.25, -0.2) is 4.79 Å². The van der Waals surface area contributed by atoms with Crippen LogP contribution in [0.5, 0.6) is 0 Å². The van der Waals surface area contributed by atoms with Gasteiger partial charge in [0.05, 0.1) is 6.04 Å². The number of carbonyl (C=O) groups excluding carboxylic acids is 1. The minimum absolute atomic E-state index is 0.0193. The van der Waals surface area contributed by atoms with E-state index in [0.717, 1.165) is 24.1 Å². The van der Waals surface area contributed by atoms with Crippen LogP contribution in [-0.2, 0) is 13.0 Å². The fourth-order valence-electron chi connectivity index (χ4n) is 3.11. The highest BCUT2D eigenvalue weighted by Gasteiger charge is 2.22. The van der Waals surface area contributed by atoms with E-state index in [1.54, 1.807) is 6.20 Å². The number of carbonyl (C=O) groups is 1. The van der Waals surface area contributed by atoms with Crippen molar-refractivity contribution in [1.29, 1.82) is 0 Å². The molecule has 1 aromatic carbocycles. The molecule has 0 aliphatic carbocycles. The molecule has 2 rings (SSSR count). The second-order valence-corrected chi connectivity index (χ2v) is 7.85. The number of benzene rings is 1. The predicted octanol–water partition coefficient (Wildman–Crippen LogP) is 4.11. The SMILES string of the molecule is CCc1ccc(C(NC(=O)N(CCN(C)C)Cc2cccnc2)C(C)C)cc1. The molecule has 2 aromatic rings. The summed E-state index contributed by atoms with van der Waals surface area (Å²) in [6.45, 7) is 8.46. The maximum atomic E-state index is 13.1. The fourth-order valence-corrected chi connectivity index (χ4v) is 3.11. The zero-order chi connectivity index (χ0) is 20.5. The Labute approximate surface area is 169 Å². The summed E-state index contributed by atoms with van der Waals surface area (Å²) < 4.78 is 0. The van der Waals surface area contributed by atoms with Crippen molar-refractivity contribution in [3.63, 3.8) is 0 Å². The van der Waals surface area contributed by atoms with Crippen molar-refractivity contribution < 1.29 is 4.79 Å². The number of hydrogen-bond acceptors (Lipinski definition) is 3. The molecule has 0 aliphatic heterocycles. The number of aromatic nitrogens is 1. The lowest BCUT2D eigenvalue weighted by Crippen LogP contribution is -2.45. The number of nitrogens with one attached hydrogen (secondary N) is 1. The minimum atomic E-state index is -0.0380. The lowest BCUT2D eigenvalue weighted by atomic mass is 9.95. The normalized spacial score (nSPS) is 12.2. The second-order valence-electron chi connectivity index (χ2n) is 7.85. The van der Waals surface area contributed by atoms with Crippen LogP contribution in [0.2, 0.25) is 0 Å². The number of pyridine rings is 1. The van der Waals surface area contributed by atoms with Crippen molar-refractivity contribution in [1.82, 2.24) is 20.1 Å². The number of nitrogens with zero attached hydrogens (tertiary/aromatic N) is 3. The molecule has 5 nitrogen and oxygen atoms in total. The molecule has 5 heteroatoms. The van der Waals surface area contributed by atoms with E-state index in [1.165, 1.54) is 5.56 Å². The Morgan fingerprint density at radius 3 is 2.32 bits per heavy atom. The van der Waals surface area contributed by atoms with E-state index in [9.17, 15) is 4.79 Å². The first-order chi connectivity index (χ1) is 13.4. The number of likely N-dealkylation sites (N-methyl/N-ethyl adjacent to an activating group) is 1. The van der Waals surface area contributed by atoms with Crippen LogP contribution >= 0.6 is 0 Å². The van der Waals surface area contributed by atoms with Crippen LogP contribution in [0.25, 0.3) is 0 Å². The lowest BCUT2D eigenvalue weighted by Gasteiger charge is -2.29. The topological polar surface area (TPSA) is 48.5 Å². The van der Waals surface area contributed by atoms with E-state index in [1.807, 2.05) is 37.3 Å². The molecular weight excluding hydrogens is 348 g/mol. The summed E-state index contributed by atoms with van der Waals surface area (Å²) in [5.41, 5.74) is 3.49. The standard InChI is InChI=1S/C23H34N4O/c1-6-19-9-11-21(12-10-19)22(18(2)3)25-23(28)27(15-14-26(4)5)17-20-8-7-13-24-16-20/h7-13,16,18,22H,6,14-15,17H2,1-5H3,(H,25,28). The molecule has 1 atom stereocenters. The van der Waals surface area contributed by atoms with Gasteiger partial charge in [-0.05, 0) is 49.2 Å². The monoisotopic (exact) mass is 382 g/mol. The van der Waals surface area contributed by atoms with Crippen molar-refractivity contribution in [2.75, 3.05) is 27.2 Å². The van der Waals surface area contributed by atoms with Crippen molar-refractivity contribution in [2.45, 2.75) is 39.8 Å². The first kappa shape index (κ1) is 21.9. The van der Waals surface area contributed by atoms with Crippen molar-refractivity contribution >= 4 is 6.03 Å². The summed E-state index contributed by atoms with van der Waals surface area (Å²) >= 11 is 0. The molecule has 0 bridgehead atoms. The van der Waals surface area contributed by atoms with Gasteiger partial charge >= 0.3 is 6.03 Å². The molecule has 1 N–H and O–H groups in total. The van der Waals surface area contributed by atoms with Gasteiger partial charge in [-0.3, -0.25) is 4.98 Å². The number of rotatable bonds is 9. The molecule has 28 heavy (non-hydrogen) atoms. The highest BCUT2D eigenvalue weighted by Crippen LogP contribution is 2.23. The van der Waals surface area contributed by atoms with Gasteiger partial charge in [0.25, 0.3) is 0 Å². The van der Waals surface area contributed by atoms with Gasteiger partial charge in [0.2, 0.25) is 0 Å². The van der Waals surface area contributed by atoms with Gasteiger partial charge in [-0.1, -0.05) is 51.1 Å². The number of hydrogen-bond donors (Lipinski definition) is 1. The zero-order valence-electron chi connectivity index (χ0n) is 17.9. The average Bonchev–Trinajstić information content (AvgIpc) is 2.69. The Hall–Kier alpha value is -2.40. The molecule has 1 heterocycles. The summed E-state index contributed by atoms with van der Waals surface area (Å²) in [6.07, 6.45) is 4.59. The van der Waals surface area contributed by atoms with E-state index >= 15 is 0 Å². The van der Waals surface area contributed by atoms with E-state index in [4.69, 9.17) is 0 Å². The van der Waals surface area contributed by atoms with Crippen LogP contribution in [0.4, 0.5) is 4.79 Å². The first-order valence-electron chi connectivity index (χ1n) is 10.1. The largest absolute Gasteiger partial charge is 0.331 e. The number of urea groups is 1. The molecule has 0 spiro atoms. The summed E-state index contributed by atoms with van der Waals surface area (Å²) in [4.78, 5) is 21.3. The van der Waals surface area contributed by atoms with Crippen LogP contribution in [0.15, 0.2) is 48.8 Å². The molecule has 1 unspecified atom stereocenters. The summed E-state index contributed by atoms with van der Waals surface area (Å²) in [6, 6.07) is 12.4. The molecule has 2 amide bonds. The predicted molar refractivity (Wildman–Crippen MR) is 115 cm³/mol. The van der Waals surface area contributed by atoms with Gasteiger partial charge in [-0.2, -0.15) is 0 Å². The Balaban J connectivity index is 2.15. The number of amides is 2. The summed E-state index contributed by atoms with van der Waals surface area (Å²) in [5.74, 6) is 0.297. The second kappa shape index (κ2) is 10.8. The lowest BCUT2D eigenvalue weighted by molar-refractivity contribution is 0.181. The molecule has 0 aliphatic rings. The van der Waals surface area contributed by atoms with Gasteiger partial charge < -0.3 is 15.1 Å². The van der Waals surface area contributed by atoms with Crippen molar-refractivity contribution in [2.24, 2.45) is 5.92 Å².